The molecular formula is C20H29N. The molecule has 0 spiro atoms. The van der Waals surface area contributed by atoms with Crippen molar-refractivity contribution in [2.24, 2.45) is 17.8 Å². The molecule has 0 aromatic heterocycles. The molecule has 1 aromatic rings. The molecule has 5 atom stereocenters. The fraction of sp³-hybridized carbons (Fsp3) is 0.700. The third-order valence-corrected chi connectivity index (χ3v) is 6.61. The zero-order valence-corrected chi connectivity index (χ0v) is 13.4. The van der Waals surface area contributed by atoms with Crippen LogP contribution in [-0.4, -0.2) is 12.6 Å². The summed E-state index contributed by atoms with van der Waals surface area (Å²) in [5.41, 5.74) is 3.22. The van der Waals surface area contributed by atoms with Gasteiger partial charge >= 0.3 is 0 Å². The van der Waals surface area contributed by atoms with Crippen LogP contribution >= 0.6 is 0 Å². The highest BCUT2D eigenvalue weighted by Gasteiger charge is 2.41. The van der Waals surface area contributed by atoms with Gasteiger partial charge in [0, 0.05) is 12.6 Å². The normalized spacial score (nSPS) is 35.7. The molecule has 3 aliphatic carbocycles. The predicted octanol–water partition coefficient (Wildman–Crippen LogP) is 4.52. The summed E-state index contributed by atoms with van der Waals surface area (Å²) in [4.78, 5) is 0. The van der Waals surface area contributed by atoms with Gasteiger partial charge in [0.25, 0.3) is 0 Å². The Bertz CT molecular complexity index is 494. The summed E-state index contributed by atoms with van der Waals surface area (Å²) in [7, 11) is 0. The van der Waals surface area contributed by atoms with Gasteiger partial charge in [-0.3, -0.25) is 0 Å². The number of aryl methyl sites for hydroxylation is 1. The molecule has 1 nitrogen and oxygen atoms in total. The molecule has 2 fully saturated rings. The van der Waals surface area contributed by atoms with Crippen LogP contribution in [0, 0.1) is 17.8 Å². The van der Waals surface area contributed by atoms with Crippen LogP contribution in [0.25, 0.3) is 0 Å². The summed E-state index contributed by atoms with van der Waals surface area (Å²) in [6.45, 7) is 3.63. The van der Waals surface area contributed by atoms with Gasteiger partial charge < -0.3 is 5.32 Å². The minimum atomic E-state index is 0.717. The Morgan fingerprint density at radius 1 is 1.14 bits per heavy atom. The maximum absolute atomic E-state index is 3.92. The molecule has 0 aliphatic heterocycles. The quantitative estimate of drug-likeness (QED) is 0.856. The first-order chi connectivity index (χ1) is 10.3. The number of benzene rings is 1. The summed E-state index contributed by atoms with van der Waals surface area (Å²) in [6.07, 6.45) is 10.1. The summed E-state index contributed by atoms with van der Waals surface area (Å²) in [6, 6.07) is 9.84. The molecule has 0 saturated heterocycles. The Kier molecular flexibility index (Phi) is 3.79. The second-order valence-corrected chi connectivity index (χ2v) is 7.82. The standard InChI is InChI=1S/C20H29N/c1-14(20-12-15-9-10-17(20)11-15)21-13-18-7-4-6-16-5-2-3-8-19(16)18/h2-3,5,8,14-15,17-18,20-21H,4,6-7,9-13H2,1H3. The fourth-order valence-electron chi connectivity index (χ4n) is 5.45. The molecule has 2 saturated carbocycles. The maximum atomic E-state index is 3.92. The van der Waals surface area contributed by atoms with Gasteiger partial charge in [0.1, 0.15) is 0 Å². The van der Waals surface area contributed by atoms with Crippen molar-refractivity contribution in [2.75, 3.05) is 6.54 Å². The van der Waals surface area contributed by atoms with Crippen LogP contribution in [-0.2, 0) is 6.42 Å². The highest BCUT2D eigenvalue weighted by Crippen LogP contribution is 2.49. The van der Waals surface area contributed by atoms with Gasteiger partial charge in [-0.05, 0) is 80.2 Å². The summed E-state index contributed by atoms with van der Waals surface area (Å²) in [5.74, 6) is 3.81. The fourth-order valence-corrected chi connectivity index (χ4v) is 5.45. The van der Waals surface area contributed by atoms with Crippen molar-refractivity contribution in [3.05, 3.63) is 35.4 Å². The van der Waals surface area contributed by atoms with E-state index in [2.05, 4.69) is 36.5 Å². The zero-order valence-electron chi connectivity index (χ0n) is 13.4. The van der Waals surface area contributed by atoms with E-state index in [9.17, 15) is 0 Å². The van der Waals surface area contributed by atoms with E-state index in [1.807, 2.05) is 0 Å². The lowest BCUT2D eigenvalue weighted by atomic mass is 9.81. The van der Waals surface area contributed by atoms with Crippen LogP contribution in [0.2, 0.25) is 0 Å². The lowest BCUT2D eigenvalue weighted by Crippen LogP contribution is -2.39. The van der Waals surface area contributed by atoms with E-state index in [1.54, 1.807) is 11.1 Å². The van der Waals surface area contributed by atoms with Gasteiger partial charge in [-0.15, -0.1) is 0 Å². The van der Waals surface area contributed by atoms with Gasteiger partial charge in [-0.1, -0.05) is 30.7 Å². The molecule has 3 aliphatic rings. The van der Waals surface area contributed by atoms with Crippen LogP contribution in [0.15, 0.2) is 24.3 Å². The average molecular weight is 283 g/mol. The highest BCUT2D eigenvalue weighted by atomic mass is 14.9. The van der Waals surface area contributed by atoms with E-state index in [0.717, 1.165) is 29.7 Å². The first kappa shape index (κ1) is 13.8. The topological polar surface area (TPSA) is 12.0 Å². The van der Waals surface area contributed by atoms with Crippen molar-refractivity contribution in [3.63, 3.8) is 0 Å². The third kappa shape index (κ3) is 2.65. The lowest BCUT2D eigenvalue weighted by Gasteiger charge is -2.32. The number of nitrogens with one attached hydrogen (secondary N) is 1. The molecule has 0 radical (unpaired) electrons. The monoisotopic (exact) mass is 283 g/mol. The molecule has 1 N–H and O–H groups in total. The van der Waals surface area contributed by atoms with Crippen molar-refractivity contribution in [1.29, 1.82) is 0 Å². The zero-order chi connectivity index (χ0) is 14.2. The van der Waals surface area contributed by atoms with E-state index in [-0.39, 0.29) is 0 Å². The average Bonchev–Trinajstić information content (AvgIpc) is 3.15. The van der Waals surface area contributed by atoms with Crippen molar-refractivity contribution < 1.29 is 0 Å². The van der Waals surface area contributed by atoms with Crippen LogP contribution < -0.4 is 5.32 Å². The van der Waals surface area contributed by atoms with Crippen LogP contribution in [0.1, 0.15) is 62.5 Å². The number of rotatable bonds is 4. The Labute approximate surface area is 129 Å². The van der Waals surface area contributed by atoms with Gasteiger partial charge in [0.2, 0.25) is 0 Å². The highest BCUT2D eigenvalue weighted by molar-refractivity contribution is 5.32. The molecule has 5 unspecified atom stereocenters. The Morgan fingerprint density at radius 2 is 2.05 bits per heavy atom. The third-order valence-electron chi connectivity index (χ3n) is 6.61. The number of hydrogen-bond donors (Lipinski definition) is 1. The minimum Gasteiger partial charge on any atom is -0.313 e. The summed E-state index contributed by atoms with van der Waals surface area (Å²) >= 11 is 0. The molecule has 0 amide bonds. The van der Waals surface area contributed by atoms with E-state index in [1.165, 1.54) is 51.5 Å². The van der Waals surface area contributed by atoms with Crippen LogP contribution in [0.3, 0.4) is 0 Å². The number of fused-ring (bicyclic) bond motifs is 3. The second-order valence-electron chi connectivity index (χ2n) is 7.82. The first-order valence-corrected chi connectivity index (χ1v) is 9.12. The smallest absolute Gasteiger partial charge is 0.00699 e. The first-order valence-electron chi connectivity index (χ1n) is 9.12. The van der Waals surface area contributed by atoms with Crippen molar-refractivity contribution in [3.8, 4) is 0 Å². The summed E-state index contributed by atoms with van der Waals surface area (Å²) < 4.78 is 0. The maximum Gasteiger partial charge on any atom is 0.00699 e. The van der Waals surface area contributed by atoms with Gasteiger partial charge in [0.15, 0.2) is 0 Å². The van der Waals surface area contributed by atoms with E-state index in [0.29, 0.717) is 0 Å². The van der Waals surface area contributed by atoms with Crippen molar-refractivity contribution >= 4 is 0 Å². The number of hydrogen-bond acceptors (Lipinski definition) is 1. The van der Waals surface area contributed by atoms with Crippen molar-refractivity contribution in [2.45, 2.75) is 63.8 Å². The molecular weight excluding hydrogens is 254 g/mol. The van der Waals surface area contributed by atoms with Crippen LogP contribution in [0.5, 0.6) is 0 Å². The van der Waals surface area contributed by atoms with E-state index < -0.39 is 0 Å². The SMILES string of the molecule is CC(NCC1CCCc2ccccc21)C1CC2CCC1C2. The van der Waals surface area contributed by atoms with E-state index >= 15 is 0 Å². The molecule has 0 heterocycles. The Hall–Kier alpha value is -0.820. The van der Waals surface area contributed by atoms with Gasteiger partial charge in [-0.2, -0.15) is 0 Å². The van der Waals surface area contributed by atoms with Crippen molar-refractivity contribution in [1.82, 2.24) is 5.32 Å². The molecule has 1 aromatic carbocycles. The van der Waals surface area contributed by atoms with Gasteiger partial charge in [-0.25, -0.2) is 0 Å². The lowest BCUT2D eigenvalue weighted by molar-refractivity contribution is 0.256. The molecule has 4 rings (SSSR count). The molecule has 1 heteroatoms. The van der Waals surface area contributed by atoms with E-state index in [4.69, 9.17) is 0 Å². The largest absolute Gasteiger partial charge is 0.313 e. The predicted molar refractivity (Wildman–Crippen MR) is 88.5 cm³/mol. The Morgan fingerprint density at radius 3 is 2.86 bits per heavy atom. The van der Waals surface area contributed by atoms with Gasteiger partial charge in [0.05, 0.1) is 0 Å². The second kappa shape index (κ2) is 5.76. The minimum absolute atomic E-state index is 0.717. The van der Waals surface area contributed by atoms with Crippen LogP contribution in [0.4, 0.5) is 0 Å². The Balaban J connectivity index is 1.37. The molecule has 21 heavy (non-hydrogen) atoms. The molecule has 114 valence electrons. The summed E-state index contributed by atoms with van der Waals surface area (Å²) in [5, 5.41) is 3.92. The molecule has 2 bridgehead atoms.